The summed E-state index contributed by atoms with van der Waals surface area (Å²) in [6.45, 7) is 4.99. The van der Waals surface area contributed by atoms with E-state index in [-0.39, 0.29) is 16.9 Å². The SMILES string of the molecule is COc1cc(OC)nc(SC(C(=O)OC(C)(C)C)C(C)(O)C(F)(F)F)n1. The van der Waals surface area contributed by atoms with Gasteiger partial charge in [0.1, 0.15) is 10.9 Å². The molecule has 0 aliphatic carbocycles. The van der Waals surface area contributed by atoms with Gasteiger partial charge in [0.15, 0.2) is 10.8 Å². The number of carbonyl (C=O) groups excluding carboxylic acids is 1. The van der Waals surface area contributed by atoms with E-state index in [0.29, 0.717) is 18.7 Å². The predicted molar refractivity (Wildman–Crippen MR) is 87.3 cm³/mol. The van der Waals surface area contributed by atoms with Crippen molar-refractivity contribution in [3.05, 3.63) is 6.07 Å². The van der Waals surface area contributed by atoms with Gasteiger partial charge in [0.25, 0.3) is 0 Å². The minimum absolute atomic E-state index is 0.0222. The number of halogens is 3. The maximum absolute atomic E-state index is 13.3. The second kappa shape index (κ2) is 7.87. The molecule has 11 heteroatoms. The largest absolute Gasteiger partial charge is 0.481 e. The van der Waals surface area contributed by atoms with Crippen LogP contribution in [0.2, 0.25) is 0 Å². The number of methoxy groups -OCH3 is 2. The lowest BCUT2D eigenvalue weighted by molar-refractivity contribution is -0.254. The van der Waals surface area contributed by atoms with Crippen LogP contribution in [0.25, 0.3) is 0 Å². The second-order valence-corrected chi connectivity index (χ2v) is 7.48. The molecule has 0 aromatic carbocycles. The first-order valence-corrected chi connectivity index (χ1v) is 8.25. The number of aliphatic hydroxyl groups is 1. The topological polar surface area (TPSA) is 90.8 Å². The Balaban J connectivity index is 3.32. The molecule has 0 aliphatic heterocycles. The normalized spacial score (nSPS) is 15.8. The molecule has 148 valence electrons. The van der Waals surface area contributed by atoms with Crippen LogP contribution in [0.3, 0.4) is 0 Å². The van der Waals surface area contributed by atoms with Gasteiger partial charge in [-0.1, -0.05) is 11.8 Å². The quantitative estimate of drug-likeness (QED) is 0.444. The molecule has 1 aromatic rings. The number of hydrogen-bond acceptors (Lipinski definition) is 8. The lowest BCUT2D eigenvalue weighted by Gasteiger charge is -2.33. The number of rotatable bonds is 6. The van der Waals surface area contributed by atoms with Crippen LogP contribution in [-0.4, -0.2) is 57.9 Å². The molecule has 1 aromatic heterocycles. The number of alkyl halides is 3. The first-order chi connectivity index (χ1) is 11.7. The Kier molecular flexibility index (Phi) is 6.74. The molecule has 2 atom stereocenters. The number of nitrogens with zero attached hydrogens (tertiary/aromatic N) is 2. The van der Waals surface area contributed by atoms with Crippen molar-refractivity contribution in [2.24, 2.45) is 0 Å². The van der Waals surface area contributed by atoms with E-state index in [2.05, 4.69) is 9.97 Å². The van der Waals surface area contributed by atoms with E-state index in [1.807, 2.05) is 0 Å². The molecule has 1 heterocycles. The van der Waals surface area contributed by atoms with Crippen molar-refractivity contribution in [1.29, 1.82) is 0 Å². The molecule has 0 saturated carbocycles. The fourth-order valence-electron chi connectivity index (χ4n) is 1.65. The third-order valence-electron chi connectivity index (χ3n) is 3.01. The summed E-state index contributed by atoms with van der Waals surface area (Å²) in [6, 6.07) is 1.31. The van der Waals surface area contributed by atoms with Gasteiger partial charge in [-0.3, -0.25) is 4.79 Å². The van der Waals surface area contributed by atoms with Crippen LogP contribution in [0.1, 0.15) is 27.7 Å². The molecule has 0 spiro atoms. The molecule has 0 amide bonds. The van der Waals surface area contributed by atoms with E-state index >= 15 is 0 Å². The van der Waals surface area contributed by atoms with Crippen molar-refractivity contribution in [2.75, 3.05) is 14.2 Å². The Hall–Kier alpha value is -1.75. The van der Waals surface area contributed by atoms with Gasteiger partial charge >= 0.3 is 12.1 Å². The Bertz CT molecular complexity index is 625. The van der Waals surface area contributed by atoms with E-state index in [0.717, 1.165) is 0 Å². The predicted octanol–water partition coefficient (Wildman–Crippen LogP) is 2.61. The lowest BCUT2D eigenvalue weighted by Crippen LogP contribution is -2.55. The summed E-state index contributed by atoms with van der Waals surface area (Å²) in [4.78, 5) is 20.1. The Morgan fingerprint density at radius 1 is 1.12 bits per heavy atom. The van der Waals surface area contributed by atoms with Crippen molar-refractivity contribution in [1.82, 2.24) is 9.97 Å². The van der Waals surface area contributed by atoms with Crippen LogP contribution in [0.4, 0.5) is 13.2 Å². The summed E-state index contributed by atoms with van der Waals surface area (Å²) in [7, 11) is 2.60. The first kappa shape index (κ1) is 22.3. The van der Waals surface area contributed by atoms with E-state index in [9.17, 15) is 23.1 Å². The highest BCUT2D eigenvalue weighted by Gasteiger charge is 2.59. The molecule has 0 bridgehead atoms. The molecule has 2 unspecified atom stereocenters. The molecular weight excluding hydrogens is 377 g/mol. The molecule has 1 rings (SSSR count). The molecule has 0 saturated heterocycles. The molecule has 0 radical (unpaired) electrons. The van der Waals surface area contributed by atoms with E-state index in [4.69, 9.17) is 14.2 Å². The highest BCUT2D eigenvalue weighted by molar-refractivity contribution is 8.00. The van der Waals surface area contributed by atoms with Gasteiger partial charge < -0.3 is 19.3 Å². The Morgan fingerprint density at radius 3 is 1.92 bits per heavy atom. The first-order valence-electron chi connectivity index (χ1n) is 7.37. The maximum atomic E-state index is 13.3. The number of carbonyl (C=O) groups is 1. The van der Waals surface area contributed by atoms with Crippen LogP contribution in [0.5, 0.6) is 11.8 Å². The zero-order valence-electron chi connectivity index (χ0n) is 15.2. The van der Waals surface area contributed by atoms with Crippen LogP contribution < -0.4 is 9.47 Å². The van der Waals surface area contributed by atoms with Crippen molar-refractivity contribution in [3.8, 4) is 11.8 Å². The van der Waals surface area contributed by atoms with Crippen LogP contribution in [0, 0.1) is 0 Å². The summed E-state index contributed by atoms with van der Waals surface area (Å²) in [5.74, 6) is -1.21. The zero-order valence-corrected chi connectivity index (χ0v) is 16.0. The Labute approximate surface area is 153 Å². The third-order valence-corrected chi connectivity index (χ3v) is 4.29. The summed E-state index contributed by atoms with van der Waals surface area (Å²) in [6.07, 6.45) is -5.09. The van der Waals surface area contributed by atoms with Crippen LogP contribution in [-0.2, 0) is 9.53 Å². The van der Waals surface area contributed by atoms with Gasteiger partial charge in [-0.2, -0.15) is 23.1 Å². The molecule has 1 N–H and O–H groups in total. The number of thioether (sulfide) groups is 1. The molecule has 0 aliphatic rings. The minimum Gasteiger partial charge on any atom is -0.481 e. The van der Waals surface area contributed by atoms with Gasteiger partial charge in [-0.15, -0.1) is 0 Å². The third kappa shape index (κ3) is 5.63. The highest BCUT2D eigenvalue weighted by Crippen LogP contribution is 2.41. The van der Waals surface area contributed by atoms with E-state index < -0.39 is 28.6 Å². The van der Waals surface area contributed by atoms with Crippen LogP contribution in [0.15, 0.2) is 11.2 Å². The van der Waals surface area contributed by atoms with E-state index in [1.54, 1.807) is 0 Å². The second-order valence-electron chi connectivity index (χ2n) is 6.41. The van der Waals surface area contributed by atoms with Crippen molar-refractivity contribution in [2.45, 2.75) is 55.5 Å². The van der Waals surface area contributed by atoms with Gasteiger partial charge in [0.2, 0.25) is 11.8 Å². The Morgan fingerprint density at radius 2 is 1.58 bits per heavy atom. The number of esters is 1. The summed E-state index contributed by atoms with van der Waals surface area (Å²) in [5.41, 5.74) is -4.44. The van der Waals surface area contributed by atoms with Gasteiger partial charge in [-0.25, -0.2) is 0 Å². The van der Waals surface area contributed by atoms with Crippen molar-refractivity contribution < 1.29 is 37.3 Å². The summed E-state index contributed by atoms with van der Waals surface area (Å²) < 4.78 is 54.8. The maximum Gasteiger partial charge on any atom is 0.418 e. The number of aromatic nitrogens is 2. The van der Waals surface area contributed by atoms with Gasteiger partial charge in [0.05, 0.1) is 20.3 Å². The van der Waals surface area contributed by atoms with Crippen molar-refractivity contribution >= 4 is 17.7 Å². The van der Waals surface area contributed by atoms with Crippen LogP contribution >= 0.6 is 11.8 Å². The highest BCUT2D eigenvalue weighted by atomic mass is 32.2. The number of hydrogen-bond donors (Lipinski definition) is 1. The lowest BCUT2D eigenvalue weighted by atomic mass is 10.0. The van der Waals surface area contributed by atoms with E-state index in [1.165, 1.54) is 41.1 Å². The fourth-order valence-corrected chi connectivity index (χ4v) is 2.65. The molecule has 0 fully saturated rings. The van der Waals surface area contributed by atoms with Gasteiger partial charge in [0, 0.05) is 0 Å². The monoisotopic (exact) mass is 398 g/mol. The number of ether oxygens (including phenoxy) is 3. The van der Waals surface area contributed by atoms with Crippen molar-refractivity contribution in [3.63, 3.8) is 0 Å². The summed E-state index contributed by atoms with van der Waals surface area (Å²) in [5, 5.41) is 7.71. The zero-order chi connectivity index (χ0) is 20.3. The standard InChI is InChI=1S/C15H21F3N2O5S/c1-13(2,3)25-11(21)10(14(4,22)15(16,17)18)26-12-19-8(23-5)7-9(20-12)24-6/h7,10,22H,1-6H3. The minimum atomic E-state index is -5.09. The molecular formula is C15H21F3N2O5S. The average molecular weight is 398 g/mol. The molecule has 26 heavy (non-hydrogen) atoms. The smallest absolute Gasteiger partial charge is 0.418 e. The molecule has 7 nitrogen and oxygen atoms in total. The average Bonchev–Trinajstić information content (AvgIpc) is 2.49. The van der Waals surface area contributed by atoms with Gasteiger partial charge in [-0.05, 0) is 27.7 Å². The fraction of sp³-hybridized carbons (Fsp3) is 0.667. The summed E-state index contributed by atoms with van der Waals surface area (Å²) >= 11 is 0.304.